The van der Waals surface area contributed by atoms with Gasteiger partial charge in [0.05, 0.1) is 4.92 Å². The van der Waals surface area contributed by atoms with Gasteiger partial charge in [-0.25, -0.2) is 4.98 Å². The van der Waals surface area contributed by atoms with Crippen LogP contribution in [0, 0.1) is 24.0 Å². The van der Waals surface area contributed by atoms with Crippen molar-refractivity contribution in [1.82, 2.24) is 19.7 Å². The fraction of sp³-hybridized carbons (Fsp3) is 0.500. The maximum absolute atomic E-state index is 11.1. The molecule has 2 aromatic rings. The lowest BCUT2D eigenvalue weighted by Gasteiger charge is -2.33. The molecule has 0 saturated carbocycles. The molecule has 0 aromatic carbocycles. The summed E-state index contributed by atoms with van der Waals surface area (Å²) in [6.45, 7) is 5.38. The fourth-order valence-corrected chi connectivity index (χ4v) is 3.11. The molecule has 3 rings (SSSR count). The van der Waals surface area contributed by atoms with Crippen LogP contribution in [0.4, 0.5) is 11.5 Å². The van der Waals surface area contributed by atoms with Crippen molar-refractivity contribution in [3.63, 3.8) is 0 Å². The van der Waals surface area contributed by atoms with Gasteiger partial charge in [-0.2, -0.15) is 0 Å². The number of aromatic nitrogens is 4. The molecule has 0 spiro atoms. The average Bonchev–Trinajstić information content (AvgIpc) is 2.86. The van der Waals surface area contributed by atoms with Gasteiger partial charge in [-0.1, -0.05) is 0 Å². The van der Waals surface area contributed by atoms with Crippen LogP contribution in [0.3, 0.4) is 0 Å². The van der Waals surface area contributed by atoms with Gasteiger partial charge in [0.1, 0.15) is 11.6 Å². The van der Waals surface area contributed by atoms with Crippen LogP contribution in [-0.2, 0) is 0 Å². The van der Waals surface area contributed by atoms with Crippen LogP contribution in [0.1, 0.15) is 30.5 Å². The Kier molecular flexibility index (Phi) is 3.74. The first kappa shape index (κ1) is 14.4. The molecule has 2 aromatic heterocycles. The van der Waals surface area contributed by atoms with E-state index in [1.165, 1.54) is 6.07 Å². The maximum atomic E-state index is 11.1. The summed E-state index contributed by atoms with van der Waals surface area (Å²) in [5, 5.41) is 19.3. The lowest BCUT2D eigenvalue weighted by Crippen LogP contribution is -2.36. The van der Waals surface area contributed by atoms with Crippen molar-refractivity contribution in [3.8, 4) is 0 Å². The molecule has 116 valence electrons. The molecule has 1 aliphatic rings. The molecule has 1 saturated heterocycles. The SMILES string of the molecule is Cc1nnc(C)n1C1CCN(c2ncccc2[N+](=O)[O-])CC1. The highest BCUT2D eigenvalue weighted by Gasteiger charge is 2.27. The normalized spacial score (nSPS) is 16.0. The summed E-state index contributed by atoms with van der Waals surface area (Å²) in [6.07, 6.45) is 3.39. The maximum Gasteiger partial charge on any atom is 0.311 e. The van der Waals surface area contributed by atoms with Gasteiger partial charge in [0.2, 0.25) is 5.82 Å². The smallest absolute Gasteiger partial charge is 0.311 e. The number of rotatable bonds is 3. The second kappa shape index (κ2) is 5.70. The van der Waals surface area contributed by atoms with E-state index in [1.807, 2.05) is 18.7 Å². The number of nitrogens with zero attached hydrogens (tertiary/aromatic N) is 6. The summed E-state index contributed by atoms with van der Waals surface area (Å²) in [5.41, 5.74) is 0.0672. The summed E-state index contributed by atoms with van der Waals surface area (Å²) in [4.78, 5) is 16.9. The van der Waals surface area contributed by atoms with E-state index >= 15 is 0 Å². The van der Waals surface area contributed by atoms with Gasteiger partial charge >= 0.3 is 5.69 Å². The molecule has 0 bridgehead atoms. The van der Waals surface area contributed by atoms with Gasteiger partial charge in [0, 0.05) is 31.4 Å². The molecular formula is C14H18N6O2. The van der Waals surface area contributed by atoms with E-state index < -0.39 is 0 Å². The van der Waals surface area contributed by atoms with Crippen molar-refractivity contribution >= 4 is 11.5 Å². The van der Waals surface area contributed by atoms with Gasteiger partial charge < -0.3 is 9.47 Å². The minimum Gasteiger partial charge on any atom is -0.351 e. The number of hydrogen-bond donors (Lipinski definition) is 0. The van der Waals surface area contributed by atoms with Gasteiger partial charge in [-0.3, -0.25) is 10.1 Å². The zero-order valence-electron chi connectivity index (χ0n) is 12.6. The summed E-state index contributed by atoms with van der Waals surface area (Å²) in [7, 11) is 0. The van der Waals surface area contributed by atoms with Crippen molar-refractivity contribution < 1.29 is 4.92 Å². The third-order valence-corrected chi connectivity index (χ3v) is 4.13. The largest absolute Gasteiger partial charge is 0.351 e. The highest BCUT2D eigenvalue weighted by Crippen LogP contribution is 2.31. The second-order valence-corrected chi connectivity index (χ2v) is 5.49. The molecule has 8 nitrogen and oxygen atoms in total. The topological polar surface area (TPSA) is 90.0 Å². The highest BCUT2D eigenvalue weighted by molar-refractivity contribution is 5.57. The Balaban J connectivity index is 1.77. The van der Waals surface area contributed by atoms with E-state index in [9.17, 15) is 10.1 Å². The molecule has 1 aliphatic heterocycles. The first-order chi connectivity index (χ1) is 10.6. The van der Waals surface area contributed by atoms with E-state index in [1.54, 1.807) is 12.3 Å². The van der Waals surface area contributed by atoms with Crippen LogP contribution in [0.2, 0.25) is 0 Å². The van der Waals surface area contributed by atoms with E-state index in [4.69, 9.17) is 0 Å². The van der Waals surface area contributed by atoms with Gasteiger partial charge in [-0.15, -0.1) is 10.2 Å². The number of piperidine rings is 1. The van der Waals surface area contributed by atoms with Gasteiger partial charge in [-0.05, 0) is 32.8 Å². The van der Waals surface area contributed by atoms with Crippen LogP contribution in [-0.4, -0.2) is 37.8 Å². The molecule has 0 amide bonds. The standard InChI is InChI=1S/C14H18N6O2/c1-10-16-17-11(2)19(10)12-5-8-18(9-6-12)14-13(20(21)22)4-3-7-15-14/h3-4,7,12H,5-6,8-9H2,1-2H3. The predicted octanol–water partition coefficient (Wildman–Crippen LogP) is 2.04. The molecule has 1 fully saturated rings. The molecular weight excluding hydrogens is 284 g/mol. The Morgan fingerprint density at radius 3 is 2.45 bits per heavy atom. The number of aryl methyl sites for hydroxylation is 2. The molecule has 0 unspecified atom stereocenters. The Hall–Kier alpha value is -2.51. The molecule has 22 heavy (non-hydrogen) atoms. The first-order valence-corrected chi connectivity index (χ1v) is 7.30. The van der Waals surface area contributed by atoms with Crippen molar-refractivity contribution in [2.24, 2.45) is 0 Å². The third-order valence-electron chi connectivity index (χ3n) is 4.13. The average molecular weight is 302 g/mol. The van der Waals surface area contributed by atoms with E-state index in [0.717, 1.165) is 37.6 Å². The van der Waals surface area contributed by atoms with E-state index in [-0.39, 0.29) is 10.6 Å². The zero-order valence-corrected chi connectivity index (χ0v) is 12.6. The molecule has 0 atom stereocenters. The van der Waals surface area contributed by atoms with Crippen molar-refractivity contribution in [3.05, 3.63) is 40.1 Å². The van der Waals surface area contributed by atoms with Crippen LogP contribution in [0.5, 0.6) is 0 Å². The molecule has 0 radical (unpaired) electrons. The number of anilines is 1. The third kappa shape index (κ3) is 2.51. The first-order valence-electron chi connectivity index (χ1n) is 7.30. The van der Waals surface area contributed by atoms with E-state index in [0.29, 0.717) is 11.9 Å². The minimum absolute atomic E-state index is 0.0672. The van der Waals surface area contributed by atoms with E-state index in [2.05, 4.69) is 19.7 Å². The quantitative estimate of drug-likeness (QED) is 0.636. The Morgan fingerprint density at radius 1 is 1.23 bits per heavy atom. The molecule has 3 heterocycles. The summed E-state index contributed by atoms with van der Waals surface area (Å²) in [6, 6.07) is 3.44. The van der Waals surface area contributed by atoms with Crippen molar-refractivity contribution in [2.75, 3.05) is 18.0 Å². The second-order valence-electron chi connectivity index (χ2n) is 5.49. The lowest BCUT2D eigenvalue weighted by atomic mass is 10.0. The van der Waals surface area contributed by atoms with Crippen LogP contribution >= 0.6 is 0 Å². The number of hydrogen-bond acceptors (Lipinski definition) is 6. The highest BCUT2D eigenvalue weighted by atomic mass is 16.6. The van der Waals surface area contributed by atoms with Crippen molar-refractivity contribution in [1.29, 1.82) is 0 Å². The van der Waals surface area contributed by atoms with Gasteiger partial charge in [0.15, 0.2) is 0 Å². The monoisotopic (exact) mass is 302 g/mol. The summed E-state index contributed by atoms with van der Waals surface area (Å²) < 4.78 is 2.16. The predicted molar refractivity (Wildman–Crippen MR) is 80.9 cm³/mol. The fourth-order valence-electron chi connectivity index (χ4n) is 3.11. The van der Waals surface area contributed by atoms with Crippen molar-refractivity contribution in [2.45, 2.75) is 32.7 Å². The number of pyridine rings is 1. The lowest BCUT2D eigenvalue weighted by molar-refractivity contribution is -0.384. The van der Waals surface area contributed by atoms with Gasteiger partial charge in [0.25, 0.3) is 0 Å². The Morgan fingerprint density at radius 2 is 1.86 bits per heavy atom. The minimum atomic E-state index is -0.373. The zero-order chi connectivity index (χ0) is 15.7. The molecule has 0 aliphatic carbocycles. The summed E-state index contributed by atoms with van der Waals surface area (Å²) >= 11 is 0. The van der Waals surface area contributed by atoms with Crippen LogP contribution in [0.25, 0.3) is 0 Å². The number of nitro groups is 1. The Labute approximate surface area is 127 Å². The van der Waals surface area contributed by atoms with Crippen LogP contribution < -0.4 is 4.90 Å². The Bertz CT molecular complexity index is 671. The molecule has 8 heteroatoms. The summed E-state index contributed by atoms with van der Waals surface area (Å²) in [5.74, 6) is 2.29. The molecule has 0 N–H and O–H groups in total. The van der Waals surface area contributed by atoms with Crippen LogP contribution in [0.15, 0.2) is 18.3 Å².